The molecule has 100 valence electrons. The molecule has 6 heteroatoms. The van der Waals surface area contributed by atoms with Crippen LogP contribution in [0.5, 0.6) is 0 Å². The van der Waals surface area contributed by atoms with E-state index >= 15 is 0 Å². The first-order valence-corrected chi connectivity index (χ1v) is 7.37. The molecule has 0 radical (unpaired) electrons. The molecule has 5 nitrogen and oxygen atoms in total. The largest absolute Gasteiger partial charge is 0.379 e. The van der Waals surface area contributed by atoms with Gasteiger partial charge in [0.1, 0.15) is 0 Å². The lowest BCUT2D eigenvalue weighted by Gasteiger charge is -2.26. The van der Waals surface area contributed by atoms with Gasteiger partial charge in [-0.2, -0.15) is 4.31 Å². The molecule has 18 heavy (non-hydrogen) atoms. The lowest BCUT2D eigenvalue weighted by atomic mass is 10.1. The lowest BCUT2D eigenvalue weighted by molar-refractivity contribution is 0.0730. The van der Waals surface area contributed by atoms with Crippen molar-refractivity contribution in [1.29, 1.82) is 0 Å². The Kier molecular flexibility index (Phi) is 4.01. The molecule has 0 amide bonds. The van der Waals surface area contributed by atoms with Gasteiger partial charge < -0.3 is 10.5 Å². The third-order valence-electron chi connectivity index (χ3n) is 3.14. The van der Waals surface area contributed by atoms with Crippen molar-refractivity contribution < 1.29 is 13.2 Å². The normalized spacial score (nSPS) is 17.9. The second-order valence-corrected chi connectivity index (χ2v) is 6.25. The van der Waals surface area contributed by atoms with Gasteiger partial charge in [-0.25, -0.2) is 8.42 Å². The van der Waals surface area contributed by atoms with Crippen LogP contribution in [0.4, 0.5) is 0 Å². The van der Waals surface area contributed by atoms with Gasteiger partial charge in [0.15, 0.2) is 0 Å². The molecule has 1 saturated heterocycles. The Morgan fingerprint density at radius 1 is 1.33 bits per heavy atom. The summed E-state index contributed by atoms with van der Waals surface area (Å²) in [7, 11) is -3.40. The van der Waals surface area contributed by atoms with Gasteiger partial charge in [0.2, 0.25) is 10.0 Å². The van der Waals surface area contributed by atoms with Crippen LogP contribution < -0.4 is 5.73 Å². The van der Waals surface area contributed by atoms with E-state index in [1.165, 1.54) is 4.31 Å². The first-order valence-electron chi connectivity index (χ1n) is 5.93. The zero-order valence-corrected chi connectivity index (χ0v) is 11.2. The van der Waals surface area contributed by atoms with Gasteiger partial charge in [-0.1, -0.05) is 6.07 Å². The van der Waals surface area contributed by atoms with Crippen LogP contribution in [-0.4, -0.2) is 39.0 Å². The Hall–Kier alpha value is -0.950. The molecule has 0 aromatic heterocycles. The number of nitrogens with two attached hydrogens (primary N) is 1. The molecule has 2 rings (SSSR count). The molecule has 0 aliphatic carbocycles. The second-order valence-electron chi connectivity index (χ2n) is 4.31. The summed E-state index contributed by atoms with van der Waals surface area (Å²) in [5.74, 6) is 0. The molecule has 0 saturated carbocycles. The predicted octanol–water partition coefficient (Wildman–Crippen LogP) is 0.475. The standard InChI is InChI=1S/C12H18N2O3S/c1-10-8-12(3-2-11(10)9-13)18(15,16)14-4-6-17-7-5-14/h2-3,8H,4-7,9,13H2,1H3. The fourth-order valence-corrected chi connectivity index (χ4v) is 3.49. The molecule has 1 aliphatic rings. The Bertz CT molecular complexity index is 522. The van der Waals surface area contributed by atoms with Crippen LogP contribution in [0.1, 0.15) is 11.1 Å². The molecule has 0 spiro atoms. The third-order valence-corrected chi connectivity index (χ3v) is 5.04. The van der Waals surface area contributed by atoms with E-state index in [1.54, 1.807) is 18.2 Å². The van der Waals surface area contributed by atoms with Crippen LogP contribution in [-0.2, 0) is 21.3 Å². The van der Waals surface area contributed by atoms with Gasteiger partial charge >= 0.3 is 0 Å². The van der Waals surface area contributed by atoms with E-state index in [4.69, 9.17) is 10.5 Å². The maximum Gasteiger partial charge on any atom is 0.243 e. The van der Waals surface area contributed by atoms with Crippen LogP contribution in [0.2, 0.25) is 0 Å². The summed E-state index contributed by atoms with van der Waals surface area (Å²) in [6, 6.07) is 5.09. The maximum absolute atomic E-state index is 12.4. The number of benzene rings is 1. The summed E-state index contributed by atoms with van der Waals surface area (Å²) < 4.78 is 31.4. The summed E-state index contributed by atoms with van der Waals surface area (Å²) in [6.07, 6.45) is 0. The van der Waals surface area contributed by atoms with Crippen molar-refractivity contribution in [2.75, 3.05) is 26.3 Å². The zero-order valence-electron chi connectivity index (χ0n) is 10.4. The fourth-order valence-electron chi connectivity index (χ4n) is 1.99. The minimum absolute atomic E-state index is 0.333. The van der Waals surface area contributed by atoms with Gasteiger partial charge in [-0.05, 0) is 30.2 Å². The number of rotatable bonds is 3. The number of nitrogens with zero attached hydrogens (tertiary/aromatic N) is 1. The number of sulfonamides is 1. The quantitative estimate of drug-likeness (QED) is 0.867. The Morgan fingerprint density at radius 3 is 2.56 bits per heavy atom. The summed E-state index contributed by atoms with van der Waals surface area (Å²) in [4.78, 5) is 0.333. The fraction of sp³-hybridized carbons (Fsp3) is 0.500. The van der Waals surface area contributed by atoms with Crippen molar-refractivity contribution in [3.8, 4) is 0 Å². The lowest BCUT2D eigenvalue weighted by Crippen LogP contribution is -2.40. The summed E-state index contributed by atoms with van der Waals surface area (Å²) >= 11 is 0. The van der Waals surface area contributed by atoms with Gasteiger partial charge in [0.25, 0.3) is 0 Å². The molecule has 1 fully saturated rings. The van der Waals surface area contributed by atoms with Crippen molar-refractivity contribution in [2.45, 2.75) is 18.4 Å². The zero-order chi connectivity index (χ0) is 13.2. The van der Waals surface area contributed by atoms with E-state index in [0.717, 1.165) is 11.1 Å². The molecule has 2 N–H and O–H groups in total. The number of hydrogen-bond donors (Lipinski definition) is 1. The van der Waals surface area contributed by atoms with E-state index in [9.17, 15) is 8.42 Å². The van der Waals surface area contributed by atoms with E-state index in [0.29, 0.717) is 37.7 Å². The SMILES string of the molecule is Cc1cc(S(=O)(=O)N2CCOCC2)ccc1CN. The first kappa shape index (κ1) is 13.5. The van der Waals surface area contributed by atoms with Crippen LogP contribution in [0.15, 0.2) is 23.1 Å². The molecular formula is C12H18N2O3S. The summed E-state index contributed by atoms with van der Waals surface area (Å²) in [6.45, 7) is 4.04. The van der Waals surface area contributed by atoms with Crippen LogP contribution in [0.3, 0.4) is 0 Å². The van der Waals surface area contributed by atoms with Gasteiger partial charge in [0.05, 0.1) is 18.1 Å². The topological polar surface area (TPSA) is 72.6 Å². The van der Waals surface area contributed by atoms with E-state index in [1.807, 2.05) is 6.92 Å². The highest BCUT2D eigenvalue weighted by Crippen LogP contribution is 2.20. The van der Waals surface area contributed by atoms with E-state index < -0.39 is 10.0 Å². The average molecular weight is 270 g/mol. The number of morpholine rings is 1. The second kappa shape index (κ2) is 5.36. The van der Waals surface area contributed by atoms with Crippen LogP contribution in [0, 0.1) is 6.92 Å². The van der Waals surface area contributed by atoms with Crippen molar-refractivity contribution >= 4 is 10.0 Å². The van der Waals surface area contributed by atoms with Crippen molar-refractivity contribution in [1.82, 2.24) is 4.31 Å². The van der Waals surface area contributed by atoms with E-state index in [2.05, 4.69) is 0 Å². The maximum atomic E-state index is 12.4. The molecule has 1 aromatic rings. The molecule has 0 atom stereocenters. The number of ether oxygens (including phenoxy) is 1. The van der Waals surface area contributed by atoms with Crippen LogP contribution in [0.25, 0.3) is 0 Å². The highest BCUT2D eigenvalue weighted by molar-refractivity contribution is 7.89. The average Bonchev–Trinajstić information content (AvgIpc) is 2.39. The molecule has 1 aromatic carbocycles. The number of aryl methyl sites for hydroxylation is 1. The smallest absolute Gasteiger partial charge is 0.243 e. The minimum atomic E-state index is -3.40. The van der Waals surface area contributed by atoms with Gasteiger partial charge in [0, 0.05) is 19.6 Å². The monoisotopic (exact) mass is 270 g/mol. The molecule has 0 unspecified atom stereocenters. The molecule has 0 bridgehead atoms. The van der Waals surface area contributed by atoms with Crippen molar-refractivity contribution in [2.24, 2.45) is 5.73 Å². The Morgan fingerprint density at radius 2 is 2.00 bits per heavy atom. The molecular weight excluding hydrogens is 252 g/mol. The third kappa shape index (κ3) is 2.56. The number of hydrogen-bond acceptors (Lipinski definition) is 4. The molecule has 1 heterocycles. The van der Waals surface area contributed by atoms with E-state index in [-0.39, 0.29) is 0 Å². The van der Waals surface area contributed by atoms with Crippen LogP contribution >= 0.6 is 0 Å². The Labute approximate surface area is 108 Å². The van der Waals surface area contributed by atoms with Gasteiger partial charge in [-0.3, -0.25) is 0 Å². The van der Waals surface area contributed by atoms with Crippen molar-refractivity contribution in [3.63, 3.8) is 0 Å². The summed E-state index contributed by atoms with van der Waals surface area (Å²) in [5.41, 5.74) is 7.45. The predicted molar refractivity (Wildman–Crippen MR) is 68.6 cm³/mol. The Balaban J connectivity index is 2.32. The molecule has 1 aliphatic heterocycles. The first-order chi connectivity index (χ1) is 8.55. The van der Waals surface area contributed by atoms with Gasteiger partial charge in [-0.15, -0.1) is 0 Å². The highest BCUT2D eigenvalue weighted by Gasteiger charge is 2.26. The van der Waals surface area contributed by atoms with Crippen molar-refractivity contribution in [3.05, 3.63) is 29.3 Å². The minimum Gasteiger partial charge on any atom is -0.379 e. The highest BCUT2D eigenvalue weighted by atomic mass is 32.2. The summed E-state index contributed by atoms with van der Waals surface area (Å²) in [5, 5.41) is 0.